The zero-order chi connectivity index (χ0) is 13.8. The fourth-order valence-corrected chi connectivity index (χ4v) is 2.19. The first-order chi connectivity index (χ1) is 9.88. The Kier molecular flexibility index (Phi) is 3.52. The predicted octanol–water partition coefficient (Wildman–Crippen LogP) is 2.07. The van der Waals surface area contributed by atoms with Crippen LogP contribution in [0.1, 0.15) is 5.56 Å². The first kappa shape index (κ1) is 12.5. The fourth-order valence-electron chi connectivity index (χ4n) is 2.19. The van der Waals surface area contributed by atoms with Gasteiger partial charge in [-0.2, -0.15) is 5.21 Å². The first-order valence-electron chi connectivity index (χ1n) is 6.41. The molecule has 0 unspecified atom stereocenters. The van der Waals surface area contributed by atoms with E-state index in [0.717, 1.165) is 22.3 Å². The van der Waals surface area contributed by atoms with Crippen LogP contribution in [0.5, 0.6) is 0 Å². The van der Waals surface area contributed by atoms with Crippen LogP contribution in [0.4, 0.5) is 0 Å². The second-order valence-electron chi connectivity index (χ2n) is 4.45. The van der Waals surface area contributed by atoms with Crippen LogP contribution in [0.3, 0.4) is 0 Å². The summed E-state index contributed by atoms with van der Waals surface area (Å²) in [6, 6.07) is 16.1. The Morgan fingerprint density at radius 2 is 1.70 bits per heavy atom. The molecule has 100 valence electrons. The van der Waals surface area contributed by atoms with Crippen molar-refractivity contribution in [2.75, 3.05) is 6.61 Å². The highest BCUT2D eigenvalue weighted by Gasteiger charge is 2.10. The van der Waals surface area contributed by atoms with Gasteiger partial charge in [-0.1, -0.05) is 48.5 Å². The summed E-state index contributed by atoms with van der Waals surface area (Å²) in [5, 5.41) is 23.1. The van der Waals surface area contributed by atoms with E-state index in [0.29, 0.717) is 12.2 Å². The Balaban J connectivity index is 2.02. The average molecular weight is 266 g/mol. The normalized spacial score (nSPS) is 10.7. The van der Waals surface area contributed by atoms with Gasteiger partial charge in [-0.05, 0) is 28.3 Å². The summed E-state index contributed by atoms with van der Waals surface area (Å²) in [7, 11) is 0. The zero-order valence-corrected chi connectivity index (χ0v) is 10.8. The molecule has 0 bridgehead atoms. The Bertz CT molecular complexity index is 677. The molecule has 1 heterocycles. The Labute approximate surface area is 116 Å². The van der Waals surface area contributed by atoms with Crippen molar-refractivity contribution in [1.82, 2.24) is 20.6 Å². The van der Waals surface area contributed by atoms with E-state index in [4.69, 9.17) is 5.11 Å². The third-order valence-electron chi connectivity index (χ3n) is 3.18. The summed E-state index contributed by atoms with van der Waals surface area (Å²) >= 11 is 0. The number of aliphatic hydroxyl groups is 1. The van der Waals surface area contributed by atoms with Crippen molar-refractivity contribution in [3.8, 4) is 22.5 Å². The minimum Gasteiger partial charge on any atom is -0.396 e. The minimum absolute atomic E-state index is 0.165. The lowest BCUT2D eigenvalue weighted by Gasteiger charge is -2.07. The van der Waals surface area contributed by atoms with Gasteiger partial charge in [0, 0.05) is 12.2 Å². The van der Waals surface area contributed by atoms with Gasteiger partial charge in [0.25, 0.3) is 0 Å². The van der Waals surface area contributed by atoms with Gasteiger partial charge in [-0.3, -0.25) is 0 Å². The second kappa shape index (κ2) is 5.63. The van der Waals surface area contributed by atoms with Gasteiger partial charge in [0.2, 0.25) is 5.82 Å². The van der Waals surface area contributed by atoms with Crippen molar-refractivity contribution in [1.29, 1.82) is 0 Å². The van der Waals surface area contributed by atoms with Crippen LogP contribution >= 0.6 is 0 Å². The zero-order valence-electron chi connectivity index (χ0n) is 10.8. The summed E-state index contributed by atoms with van der Waals surface area (Å²) in [5.41, 5.74) is 4.21. The third kappa shape index (κ3) is 2.44. The number of tetrazole rings is 1. The summed E-state index contributed by atoms with van der Waals surface area (Å²) in [5.74, 6) is 0.583. The number of aliphatic hydroxyl groups excluding tert-OH is 1. The summed E-state index contributed by atoms with van der Waals surface area (Å²) in [6.07, 6.45) is 0.673. The van der Waals surface area contributed by atoms with Gasteiger partial charge < -0.3 is 5.11 Å². The number of nitrogens with one attached hydrogen (secondary N) is 1. The monoisotopic (exact) mass is 266 g/mol. The van der Waals surface area contributed by atoms with Crippen LogP contribution in [-0.2, 0) is 6.42 Å². The molecule has 0 saturated carbocycles. The van der Waals surface area contributed by atoms with Crippen molar-refractivity contribution in [3.63, 3.8) is 0 Å². The van der Waals surface area contributed by atoms with Crippen molar-refractivity contribution in [2.45, 2.75) is 6.42 Å². The van der Waals surface area contributed by atoms with E-state index < -0.39 is 0 Å². The van der Waals surface area contributed by atoms with Gasteiger partial charge in [0.1, 0.15) is 0 Å². The maximum Gasteiger partial charge on any atom is 0.205 e. The van der Waals surface area contributed by atoms with Gasteiger partial charge in [0.15, 0.2) is 0 Å². The quantitative estimate of drug-likeness (QED) is 0.758. The topological polar surface area (TPSA) is 74.7 Å². The molecule has 0 aliphatic carbocycles. The van der Waals surface area contributed by atoms with Crippen molar-refractivity contribution in [2.24, 2.45) is 0 Å². The SMILES string of the molecule is OCCc1ccc(-c2ccccc2-c2nn[nH]n2)cc1. The van der Waals surface area contributed by atoms with Crippen LogP contribution in [-0.4, -0.2) is 32.3 Å². The molecular formula is C15H14N4O. The molecule has 5 heteroatoms. The Morgan fingerprint density at radius 1 is 0.950 bits per heavy atom. The number of rotatable bonds is 4. The Morgan fingerprint density at radius 3 is 2.35 bits per heavy atom. The van der Waals surface area contributed by atoms with E-state index >= 15 is 0 Å². The lowest BCUT2D eigenvalue weighted by atomic mass is 9.98. The van der Waals surface area contributed by atoms with Gasteiger partial charge in [0.05, 0.1) is 0 Å². The van der Waals surface area contributed by atoms with E-state index in [1.54, 1.807) is 0 Å². The minimum atomic E-state index is 0.165. The highest BCUT2D eigenvalue weighted by Crippen LogP contribution is 2.29. The largest absolute Gasteiger partial charge is 0.396 e. The summed E-state index contributed by atoms with van der Waals surface area (Å²) in [4.78, 5) is 0. The molecule has 0 aliphatic heterocycles. The van der Waals surface area contributed by atoms with Gasteiger partial charge in [-0.15, -0.1) is 10.2 Å². The van der Waals surface area contributed by atoms with Crippen LogP contribution in [0.15, 0.2) is 48.5 Å². The second-order valence-corrected chi connectivity index (χ2v) is 4.45. The molecule has 0 saturated heterocycles. The molecule has 0 aliphatic rings. The molecule has 1 aromatic heterocycles. The first-order valence-corrected chi connectivity index (χ1v) is 6.41. The molecule has 0 radical (unpaired) electrons. The number of aromatic amines is 1. The van der Waals surface area contributed by atoms with Crippen LogP contribution in [0.2, 0.25) is 0 Å². The smallest absolute Gasteiger partial charge is 0.205 e. The number of hydrogen-bond acceptors (Lipinski definition) is 4. The molecule has 5 nitrogen and oxygen atoms in total. The molecule has 3 aromatic rings. The van der Waals surface area contributed by atoms with Crippen molar-refractivity contribution in [3.05, 3.63) is 54.1 Å². The van der Waals surface area contributed by atoms with Gasteiger partial charge in [-0.25, -0.2) is 0 Å². The molecule has 0 fully saturated rings. The van der Waals surface area contributed by atoms with Crippen molar-refractivity contribution < 1.29 is 5.11 Å². The van der Waals surface area contributed by atoms with Crippen LogP contribution in [0, 0.1) is 0 Å². The maximum atomic E-state index is 8.95. The molecular weight excluding hydrogens is 252 g/mol. The molecule has 2 N–H and O–H groups in total. The number of H-pyrrole nitrogens is 1. The molecule has 0 spiro atoms. The van der Waals surface area contributed by atoms with Gasteiger partial charge >= 0.3 is 0 Å². The van der Waals surface area contributed by atoms with Crippen molar-refractivity contribution >= 4 is 0 Å². The summed E-state index contributed by atoms with van der Waals surface area (Å²) in [6.45, 7) is 0.165. The number of nitrogens with zero attached hydrogens (tertiary/aromatic N) is 3. The number of benzene rings is 2. The Hall–Kier alpha value is -2.53. The molecule has 0 amide bonds. The van der Waals surface area contributed by atoms with E-state index in [1.807, 2.05) is 48.5 Å². The van der Waals surface area contributed by atoms with Crippen LogP contribution in [0.25, 0.3) is 22.5 Å². The highest BCUT2D eigenvalue weighted by atomic mass is 16.2. The van der Waals surface area contributed by atoms with E-state index in [2.05, 4.69) is 20.6 Å². The van der Waals surface area contributed by atoms with E-state index in [9.17, 15) is 0 Å². The van der Waals surface area contributed by atoms with E-state index in [1.165, 1.54) is 0 Å². The fraction of sp³-hybridized carbons (Fsp3) is 0.133. The molecule has 0 atom stereocenters. The third-order valence-corrected chi connectivity index (χ3v) is 3.18. The average Bonchev–Trinajstić information content (AvgIpc) is 3.03. The standard InChI is InChI=1S/C15H14N4O/c20-10-9-11-5-7-12(8-6-11)13-3-1-2-4-14(13)15-16-18-19-17-15/h1-8,20H,9-10H2,(H,16,17,18,19). The summed E-state index contributed by atoms with van der Waals surface area (Å²) < 4.78 is 0. The molecule has 3 rings (SSSR count). The number of hydrogen-bond donors (Lipinski definition) is 2. The maximum absolute atomic E-state index is 8.95. The molecule has 2 aromatic carbocycles. The number of aromatic nitrogens is 4. The lowest BCUT2D eigenvalue weighted by Crippen LogP contribution is -1.91. The molecule has 20 heavy (non-hydrogen) atoms. The highest BCUT2D eigenvalue weighted by molar-refractivity contribution is 5.80. The lowest BCUT2D eigenvalue weighted by molar-refractivity contribution is 0.299. The predicted molar refractivity (Wildman–Crippen MR) is 75.8 cm³/mol. The van der Waals surface area contributed by atoms with E-state index in [-0.39, 0.29) is 6.61 Å². The van der Waals surface area contributed by atoms with Crippen LogP contribution < -0.4 is 0 Å².